The van der Waals surface area contributed by atoms with Crippen molar-refractivity contribution in [2.75, 3.05) is 11.1 Å². The van der Waals surface area contributed by atoms with Gasteiger partial charge in [0.2, 0.25) is 0 Å². The zero-order valence-electron chi connectivity index (χ0n) is 13.3. The van der Waals surface area contributed by atoms with Crippen LogP contribution in [0.4, 0.5) is 21.5 Å². The van der Waals surface area contributed by atoms with Gasteiger partial charge in [-0.25, -0.2) is 4.39 Å². The quantitative estimate of drug-likeness (QED) is 0.461. The van der Waals surface area contributed by atoms with Gasteiger partial charge in [-0.05, 0) is 60.0 Å². The van der Waals surface area contributed by atoms with Crippen LogP contribution in [0.25, 0.3) is 11.1 Å². The van der Waals surface area contributed by atoms with E-state index < -0.39 is 0 Å². The lowest BCUT2D eigenvalue weighted by Crippen LogP contribution is -1.98. The summed E-state index contributed by atoms with van der Waals surface area (Å²) in [6.45, 7) is 1.71. The Hall–Kier alpha value is -3.14. The maximum atomic E-state index is 13.6. The number of nitrogen functional groups attached to an aromatic ring is 1. The molecule has 3 rings (SSSR count). The number of halogens is 1. The van der Waals surface area contributed by atoms with E-state index in [0.717, 1.165) is 28.7 Å². The number of anilines is 3. The normalized spacial score (nSPS) is 10.4. The molecule has 0 aliphatic heterocycles. The van der Waals surface area contributed by atoms with Gasteiger partial charge < -0.3 is 16.5 Å². The highest BCUT2D eigenvalue weighted by molar-refractivity contribution is 5.88. The predicted octanol–water partition coefficient (Wildman–Crippen LogP) is 5.12. The molecule has 0 aromatic heterocycles. The van der Waals surface area contributed by atoms with Gasteiger partial charge in [-0.3, -0.25) is 0 Å². The number of aryl methyl sites for hydroxylation is 1. The summed E-state index contributed by atoms with van der Waals surface area (Å²) >= 11 is 0. The third kappa shape index (κ3) is 3.27. The van der Waals surface area contributed by atoms with Crippen LogP contribution in [0.3, 0.4) is 0 Å². The van der Waals surface area contributed by atoms with Crippen LogP contribution < -0.4 is 11.1 Å². The molecule has 3 nitrogen and oxygen atoms in total. The summed E-state index contributed by atoms with van der Waals surface area (Å²) in [5.74, 6) is -0.308. The number of rotatable bonds is 4. The largest absolute Gasteiger partial charge is 0.399 e. The minimum Gasteiger partial charge on any atom is -0.399 e. The van der Waals surface area contributed by atoms with E-state index in [1.54, 1.807) is 13.0 Å². The van der Waals surface area contributed by atoms with E-state index in [2.05, 4.69) is 5.32 Å². The number of nitrogens with one attached hydrogen (secondary N) is 2. The van der Waals surface area contributed by atoms with Gasteiger partial charge in [0.05, 0.1) is 0 Å². The molecule has 0 unspecified atom stereocenters. The summed E-state index contributed by atoms with van der Waals surface area (Å²) in [5, 5.41) is 10.7. The minimum atomic E-state index is -0.308. The van der Waals surface area contributed by atoms with Crippen LogP contribution >= 0.6 is 0 Å². The molecule has 0 spiro atoms. The van der Waals surface area contributed by atoms with E-state index in [4.69, 9.17) is 11.1 Å². The third-order valence-electron chi connectivity index (χ3n) is 3.89. The molecule has 120 valence electrons. The third-order valence-corrected chi connectivity index (χ3v) is 3.89. The molecule has 3 aromatic rings. The minimum absolute atomic E-state index is 0.308. The lowest BCUT2D eigenvalue weighted by Gasteiger charge is -2.12. The summed E-state index contributed by atoms with van der Waals surface area (Å²) in [7, 11) is 0. The molecule has 0 fully saturated rings. The summed E-state index contributed by atoms with van der Waals surface area (Å²) in [4.78, 5) is 0. The highest BCUT2D eigenvalue weighted by atomic mass is 19.1. The summed E-state index contributed by atoms with van der Waals surface area (Å²) in [5.41, 5.74) is 11.3. The highest BCUT2D eigenvalue weighted by Gasteiger charge is 2.06. The molecule has 0 aliphatic rings. The lowest BCUT2D eigenvalue weighted by molar-refractivity contribution is 0.618. The Morgan fingerprint density at radius 2 is 1.54 bits per heavy atom. The van der Waals surface area contributed by atoms with Crippen LogP contribution in [0.1, 0.15) is 11.1 Å². The van der Waals surface area contributed by atoms with Crippen molar-refractivity contribution < 1.29 is 4.39 Å². The maximum absolute atomic E-state index is 13.6. The van der Waals surface area contributed by atoms with Crippen molar-refractivity contribution in [1.29, 1.82) is 5.41 Å². The molecule has 0 saturated carbocycles. The summed E-state index contributed by atoms with van der Waals surface area (Å²) in [6.07, 6.45) is 1.15. The molecule has 3 aromatic carbocycles. The molecule has 0 bridgehead atoms. The van der Waals surface area contributed by atoms with E-state index in [9.17, 15) is 4.39 Å². The van der Waals surface area contributed by atoms with Gasteiger partial charge in [0.1, 0.15) is 5.82 Å². The van der Waals surface area contributed by atoms with E-state index in [1.165, 1.54) is 6.07 Å². The van der Waals surface area contributed by atoms with Crippen LogP contribution in [0, 0.1) is 18.2 Å². The zero-order chi connectivity index (χ0) is 17.1. The van der Waals surface area contributed by atoms with Gasteiger partial charge in [0, 0.05) is 28.8 Å². The molecule has 4 heteroatoms. The number of hydrogen-bond donors (Lipinski definition) is 3. The summed E-state index contributed by atoms with van der Waals surface area (Å²) in [6, 6.07) is 18.7. The Balaban J connectivity index is 1.86. The van der Waals surface area contributed by atoms with Gasteiger partial charge >= 0.3 is 0 Å². The smallest absolute Gasteiger partial charge is 0.126 e. The molecular weight excluding hydrogens is 301 g/mol. The van der Waals surface area contributed by atoms with E-state index >= 15 is 0 Å². The van der Waals surface area contributed by atoms with Crippen LogP contribution in [0.2, 0.25) is 0 Å². The first-order chi connectivity index (χ1) is 11.6. The Bertz CT molecular complexity index is 869. The van der Waals surface area contributed by atoms with Crippen LogP contribution in [0.15, 0.2) is 60.7 Å². The monoisotopic (exact) mass is 319 g/mol. The Morgan fingerprint density at radius 3 is 2.12 bits per heavy atom. The van der Waals surface area contributed by atoms with Crippen molar-refractivity contribution in [3.63, 3.8) is 0 Å². The molecule has 0 heterocycles. The van der Waals surface area contributed by atoms with Crippen molar-refractivity contribution in [3.05, 3.63) is 77.6 Å². The topological polar surface area (TPSA) is 61.9 Å². The second-order valence-corrected chi connectivity index (χ2v) is 5.66. The second-order valence-electron chi connectivity index (χ2n) is 5.66. The molecule has 0 atom stereocenters. The Labute approximate surface area is 140 Å². The first-order valence-electron chi connectivity index (χ1n) is 7.60. The van der Waals surface area contributed by atoms with Crippen LogP contribution in [0.5, 0.6) is 0 Å². The number of benzene rings is 3. The van der Waals surface area contributed by atoms with E-state index in [-0.39, 0.29) is 5.82 Å². The fourth-order valence-corrected chi connectivity index (χ4v) is 2.50. The van der Waals surface area contributed by atoms with Crippen molar-refractivity contribution >= 4 is 23.3 Å². The standard InChI is InChI=1S/C20H18FN3/c1-13-10-20(16(12-22)11-19(13)21)24-18-8-4-15(5-9-18)14-2-6-17(23)7-3-14/h2-12,22,24H,23H2,1H3. The van der Waals surface area contributed by atoms with E-state index in [1.807, 2.05) is 48.5 Å². The number of nitrogens with two attached hydrogens (primary N) is 1. The molecule has 0 saturated heterocycles. The maximum Gasteiger partial charge on any atom is 0.126 e. The zero-order valence-corrected chi connectivity index (χ0v) is 13.3. The average Bonchev–Trinajstić information content (AvgIpc) is 2.59. The molecular formula is C20H18FN3. The van der Waals surface area contributed by atoms with Gasteiger partial charge in [-0.15, -0.1) is 0 Å². The molecule has 24 heavy (non-hydrogen) atoms. The van der Waals surface area contributed by atoms with Crippen LogP contribution in [-0.2, 0) is 0 Å². The molecule has 0 amide bonds. The highest BCUT2D eigenvalue weighted by Crippen LogP contribution is 2.26. The first-order valence-corrected chi connectivity index (χ1v) is 7.60. The van der Waals surface area contributed by atoms with Crippen molar-refractivity contribution in [2.24, 2.45) is 0 Å². The molecule has 4 N–H and O–H groups in total. The van der Waals surface area contributed by atoms with Crippen molar-refractivity contribution in [3.8, 4) is 11.1 Å². The lowest BCUT2D eigenvalue weighted by atomic mass is 10.0. The number of hydrogen-bond acceptors (Lipinski definition) is 3. The second kappa shape index (κ2) is 6.54. The van der Waals surface area contributed by atoms with Crippen molar-refractivity contribution in [1.82, 2.24) is 0 Å². The Kier molecular flexibility index (Phi) is 4.29. The average molecular weight is 319 g/mol. The fourth-order valence-electron chi connectivity index (χ4n) is 2.50. The van der Waals surface area contributed by atoms with Gasteiger partial charge in [0.25, 0.3) is 0 Å². The molecule has 0 radical (unpaired) electrons. The SMILES string of the molecule is Cc1cc(Nc2ccc(-c3ccc(N)cc3)cc2)c(C=N)cc1F. The van der Waals surface area contributed by atoms with Gasteiger partial charge in [-0.1, -0.05) is 24.3 Å². The van der Waals surface area contributed by atoms with E-state index in [0.29, 0.717) is 16.8 Å². The summed E-state index contributed by atoms with van der Waals surface area (Å²) < 4.78 is 13.6. The predicted molar refractivity (Wildman–Crippen MR) is 98.6 cm³/mol. The van der Waals surface area contributed by atoms with Crippen molar-refractivity contribution in [2.45, 2.75) is 6.92 Å². The van der Waals surface area contributed by atoms with Gasteiger partial charge in [-0.2, -0.15) is 0 Å². The van der Waals surface area contributed by atoms with Crippen LogP contribution in [-0.4, -0.2) is 6.21 Å². The van der Waals surface area contributed by atoms with Gasteiger partial charge in [0.15, 0.2) is 0 Å². The Morgan fingerprint density at radius 1 is 0.958 bits per heavy atom. The molecule has 0 aliphatic carbocycles. The fraction of sp³-hybridized carbons (Fsp3) is 0.0500. The first kappa shape index (κ1) is 15.7.